The van der Waals surface area contributed by atoms with Gasteiger partial charge in [-0.25, -0.2) is 0 Å². The van der Waals surface area contributed by atoms with E-state index in [0.717, 1.165) is 0 Å². The molecule has 0 aliphatic carbocycles. The van der Waals surface area contributed by atoms with Crippen molar-refractivity contribution in [1.82, 2.24) is 0 Å². The lowest BCUT2D eigenvalue weighted by Gasteiger charge is -2.35. The van der Waals surface area contributed by atoms with E-state index in [1.807, 2.05) is 0 Å². The lowest BCUT2D eigenvalue weighted by atomic mass is 10.1. The summed E-state index contributed by atoms with van der Waals surface area (Å²) in [5, 5.41) is 0. The van der Waals surface area contributed by atoms with Gasteiger partial charge in [0, 0.05) is 6.10 Å². The average molecular weight is 242 g/mol. The summed E-state index contributed by atoms with van der Waals surface area (Å²) in [5.74, 6) is 0. The zero-order chi connectivity index (χ0) is 11.9. The van der Waals surface area contributed by atoms with Crippen LogP contribution in [-0.4, -0.2) is 14.4 Å². The van der Waals surface area contributed by atoms with E-state index in [1.165, 1.54) is 63.5 Å². The fourth-order valence-corrected chi connectivity index (χ4v) is 6.36. The molecule has 0 aromatic carbocycles. The van der Waals surface area contributed by atoms with Gasteiger partial charge in [0.2, 0.25) is 0 Å². The summed E-state index contributed by atoms with van der Waals surface area (Å²) in [4.78, 5) is 0. The molecule has 1 fully saturated rings. The van der Waals surface area contributed by atoms with Gasteiger partial charge in [-0.05, 0) is 32.0 Å². The summed E-state index contributed by atoms with van der Waals surface area (Å²) >= 11 is 0. The van der Waals surface area contributed by atoms with Gasteiger partial charge in [-0.1, -0.05) is 51.9 Å². The van der Waals surface area contributed by atoms with Crippen molar-refractivity contribution in [1.29, 1.82) is 0 Å². The molecule has 1 aliphatic rings. The van der Waals surface area contributed by atoms with Crippen LogP contribution in [0.3, 0.4) is 0 Å². The molecule has 0 aromatic rings. The number of unbranched alkanes of at least 4 members (excludes halogenated alkanes) is 5. The van der Waals surface area contributed by atoms with Crippen molar-refractivity contribution in [3.8, 4) is 0 Å². The summed E-state index contributed by atoms with van der Waals surface area (Å²) in [6, 6.07) is 2.82. The first kappa shape index (κ1) is 14.2. The summed E-state index contributed by atoms with van der Waals surface area (Å²) in [6.45, 7) is 6.99. The molecule has 0 N–H and O–H groups in total. The normalized spacial score (nSPS) is 30.6. The minimum atomic E-state index is -1.27. The van der Waals surface area contributed by atoms with Crippen molar-refractivity contribution in [2.45, 2.75) is 90.0 Å². The van der Waals surface area contributed by atoms with Gasteiger partial charge in [0.25, 0.3) is 0 Å². The van der Waals surface area contributed by atoms with Crippen LogP contribution in [0.1, 0.15) is 65.2 Å². The van der Waals surface area contributed by atoms with E-state index >= 15 is 0 Å². The van der Waals surface area contributed by atoms with Crippen LogP contribution in [0.4, 0.5) is 0 Å². The smallest absolute Gasteiger partial charge is 0.190 e. The number of rotatable bonds is 7. The summed E-state index contributed by atoms with van der Waals surface area (Å²) in [7, 11) is -1.27. The Kier molecular flexibility index (Phi) is 6.67. The predicted octanol–water partition coefficient (Wildman–Crippen LogP) is 5.12. The SMILES string of the molecule is CCCCCCCC[Si]1(C)CCCC(C)O1. The first-order valence-corrected chi connectivity index (χ1v) is 10.2. The molecule has 1 nitrogen and oxygen atoms in total. The Hall–Kier alpha value is 0.177. The van der Waals surface area contributed by atoms with Crippen molar-refractivity contribution in [3.63, 3.8) is 0 Å². The topological polar surface area (TPSA) is 9.23 Å². The highest BCUT2D eigenvalue weighted by Crippen LogP contribution is 2.30. The minimum Gasteiger partial charge on any atom is -0.414 e. The molecular weight excluding hydrogens is 212 g/mol. The third-order valence-corrected chi connectivity index (χ3v) is 7.66. The second kappa shape index (κ2) is 7.49. The lowest BCUT2D eigenvalue weighted by molar-refractivity contribution is 0.175. The molecule has 0 spiro atoms. The molecule has 0 aromatic heterocycles. The third kappa shape index (κ3) is 5.49. The van der Waals surface area contributed by atoms with E-state index in [4.69, 9.17) is 4.43 Å². The zero-order valence-electron chi connectivity index (χ0n) is 11.6. The average Bonchev–Trinajstić information content (AvgIpc) is 2.23. The van der Waals surface area contributed by atoms with Crippen LogP contribution in [0.15, 0.2) is 0 Å². The Balaban J connectivity index is 2.06. The van der Waals surface area contributed by atoms with Crippen LogP contribution in [0.25, 0.3) is 0 Å². The molecule has 2 unspecified atom stereocenters. The van der Waals surface area contributed by atoms with Gasteiger partial charge in [-0.2, -0.15) is 0 Å². The first-order valence-electron chi connectivity index (χ1n) is 7.34. The molecule has 0 amide bonds. The van der Waals surface area contributed by atoms with E-state index in [-0.39, 0.29) is 0 Å². The Morgan fingerprint density at radius 3 is 2.50 bits per heavy atom. The van der Waals surface area contributed by atoms with Gasteiger partial charge in [-0.15, -0.1) is 0 Å². The van der Waals surface area contributed by atoms with Crippen molar-refractivity contribution < 1.29 is 4.43 Å². The first-order chi connectivity index (χ1) is 7.66. The van der Waals surface area contributed by atoms with Gasteiger partial charge in [0.1, 0.15) is 0 Å². The van der Waals surface area contributed by atoms with Gasteiger partial charge >= 0.3 is 0 Å². The largest absolute Gasteiger partial charge is 0.414 e. The lowest BCUT2D eigenvalue weighted by Crippen LogP contribution is -2.41. The minimum absolute atomic E-state index is 0.547. The second-order valence-corrected chi connectivity index (χ2v) is 9.92. The van der Waals surface area contributed by atoms with Crippen LogP contribution in [0, 0.1) is 0 Å². The fourth-order valence-electron chi connectivity index (χ4n) is 2.83. The maximum Gasteiger partial charge on any atom is 0.190 e. The quantitative estimate of drug-likeness (QED) is 0.445. The highest BCUT2D eigenvalue weighted by molar-refractivity contribution is 6.72. The molecule has 16 heavy (non-hydrogen) atoms. The van der Waals surface area contributed by atoms with Crippen molar-refractivity contribution in [3.05, 3.63) is 0 Å². The maximum absolute atomic E-state index is 6.24. The molecule has 1 saturated heterocycles. The predicted molar refractivity (Wildman–Crippen MR) is 74.4 cm³/mol. The van der Waals surface area contributed by atoms with E-state index in [2.05, 4.69) is 20.4 Å². The molecule has 1 aliphatic heterocycles. The summed E-state index contributed by atoms with van der Waals surface area (Å²) < 4.78 is 6.24. The van der Waals surface area contributed by atoms with E-state index < -0.39 is 8.32 Å². The van der Waals surface area contributed by atoms with Gasteiger partial charge in [0.05, 0.1) is 0 Å². The molecule has 2 heteroatoms. The molecular formula is C14H30OSi. The van der Waals surface area contributed by atoms with Crippen LogP contribution in [-0.2, 0) is 4.43 Å². The van der Waals surface area contributed by atoms with Gasteiger partial charge in [-0.3, -0.25) is 0 Å². The van der Waals surface area contributed by atoms with Crippen LogP contribution >= 0.6 is 0 Å². The highest BCUT2D eigenvalue weighted by atomic mass is 28.4. The van der Waals surface area contributed by atoms with E-state index in [9.17, 15) is 0 Å². The molecule has 0 radical (unpaired) electrons. The second-order valence-electron chi connectivity index (χ2n) is 5.79. The standard InChI is InChI=1S/C14H30OSi/c1-4-5-6-7-8-9-12-16(3)13-10-11-14(2)15-16/h14H,4-13H2,1-3H3. The molecule has 1 rings (SSSR count). The van der Waals surface area contributed by atoms with Crippen molar-refractivity contribution >= 4 is 8.32 Å². The third-order valence-electron chi connectivity index (χ3n) is 3.86. The fraction of sp³-hybridized carbons (Fsp3) is 1.00. The zero-order valence-corrected chi connectivity index (χ0v) is 12.6. The Bertz CT molecular complexity index is 184. The summed E-state index contributed by atoms with van der Waals surface area (Å²) in [6.07, 6.45) is 11.7. The van der Waals surface area contributed by atoms with Crippen molar-refractivity contribution in [2.75, 3.05) is 0 Å². The Morgan fingerprint density at radius 2 is 1.81 bits per heavy atom. The Morgan fingerprint density at radius 1 is 1.12 bits per heavy atom. The molecule has 1 heterocycles. The van der Waals surface area contributed by atoms with Crippen molar-refractivity contribution in [2.24, 2.45) is 0 Å². The van der Waals surface area contributed by atoms with E-state index in [1.54, 1.807) is 0 Å². The monoisotopic (exact) mass is 242 g/mol. The molecule has 2 atom stereocenters. The molecule has 0 saturated carbocycles. The highest BCUT2D eigenvalue weighted by Gasteiger charge is 2.33. The molecule has 96 valence electrons. The molecule has 0 bridgehead atoms. The number of hydrogen-bond donors (Lipinski definition) is 0. The summed E-state index contributed by atoms with van der Waals surface area (Å²) in [5.41, 5.74) is 0. The van der Waals surface area contributed by atoms with Crippen LogP contribution in [0.2, 0.25) is 18.6 Å². The Labute approximate surface area is 103 Å². The maximum atomic E-state index is 6.24. The van der Waals surface area contributed by atoms with Crippen LogP contribution in [0.5, 0.6) is 0 Å². The van der Waals surface area contributed by atoms with Gasteiger partial charge in [0.15, 0.2) is 8.32 Å². The van der Waals surface area contributed by atoms with E-state index in [0.29, 0.717) is 6.10 Å². The van der Waals surface area contributed by atoms with Crippen LogP contribution < -0.4 is 0 Å². The number of hydrogen-bond acceptors (Lipinski definition) is 1. The van der Waals surface area contributed by atoms with Gasteiger partial charge < -0.3 is 4.43 Å².